The zero-order chi connectivity index (χ0) is 31.1. The van der Waals surface area contributed by atoms with Crippen molar-refractivity contribution in [3.8, 4) is 0 Å². The van der Waals surface area contributed by atoms with Crippen LogP contribution in [-0.4, -0.2) is 171 Å². The lowest BCUT2D eigenvalue weighted by Crippen LogP contribution is -2.63. The molecule has 0 aliphatic carbocycles. The van der Waals surface area contributed by atoms with Crippen LogP contribution >= 0.6 is 0 Å². The van der Waals surface area contributed by atoms with Crippen LogP contribution in [0.1, 0.15) is 41.0 Å². The van der Waals surface area contributed by atoms with Gasteiger partial charge in [-0.2, -0.15) is 0 Å². The summed E-state index contributed by atoms with van der Waals surface area (Å²) in [7, 11) is 3.30. The molecule has 0 aliphatic rings. The summed E-state index contributed by atoms with van der Waals surface area (Å²) in [5.74, 6) is 0. The molecule has 238 valence electrons. The number of β-amino-alcohol motifs (C(OH)–C–C–N with tert-alkyl or cyclic N) is 1. The van der Waals surface area contributed by atoms with Crippen molar-refractivity contribution in [1.29, 1.82) is 0 Å². The summed E-state index contributed by atoms with van der Waals surface area (Å²) in [6.07, 6.45) is -1.82. The number of aliphatic hydroxyl groups is 9. The second-order valence-electron chi connectivity index (χ2n) is 12.3. The standard InChI is InChI=1S/C17H39N3O6.C8H20N2O3/c1-15(2,9-21)18-7-13(25)8-19-16(3,10-22)6-14(26)17(11-23,12-24)20(4)5;1-7(2,9)3-10-8(4-11,5-12)6-13/h13-14,18-19,21-26H,6-12H2,1-5H3;10-13H,3-6,9H2,1-2H3. The third-order valence-corrected chi connectivity index (χ3v) is 6.85. The van der Waals surface area contributed by atoms with E-state index in [1.807, 2.05) is 27.7 Å². The van der Waals surface area contributed by atoms with Crippen LogP contribution in [0.2, 0.25) is 0 Å². The molecule has 0 saturated heterocycles. The molecule has 3 atom stereocenters. The number of nitrogens with one attached hydrogen (secondary N) is 3. The first-order valence-corrected chi connectivity index (χ1v) is 13.1. The van der Waals surface area contributed by atoms with Crippen LogP contribution in [-0.2, 0) is 0 Å². The highest BCUT2D eigenvalue weighted by Gasteiger charge is 2.43. The molecule has 0 saturated carbocycles. The van der Waals surface area contributed by atoms with Gasteiger partial charge in [0.1, 0.15) is 0 Å². The van der Waals surface area contributed by atoms with E-state index in [1.54, 1.807) is 25.9 Å². The van der Waals surface area contributed by atoms with Crippen molar-refractivity contribution >= 4 is 0 Å². The average molecular weight is 574 g/mol. The molecule has 0 fully saturated rings. The number of aliphatic hydroxyl groups excluding tert-OH is 9. The Balaban J connectivity index is 0. The molecule has 3 unspecified atom stereocenters. The summed E-state index contributed by atoms with van der Waals surface area (Å²) in [5.41, 5.74) is 1.57. The second kappa shape index (κ2) is 18.1. The molecule has 0 rings (SSSR count). The molecule has 0 aromatic heterocycles. The van der Waals surface area contributed by atoms with Gasteiger partial charge in [-0.1, -0.05) is 0 Å². The lowest BCUT2D eigenvalue weighted by Gasteiger charge is -2.44. The van der Waals surface area contributed by atoms with Gasteiger partial charge in [0.05, 0.1) is 69.5 Å². The Morgan fingerprint density at radius 2 is 1.13 bits per heavy atom. The maximum Gasteiger partial charge on any atom is 0.0930 e. The van der Waals surface area contributed by atoms with Gasteiger partial charge >= 0.3 is 0 Å². The SMILES string of the molecule is CC(C)(N)CNC(CO)(CO)CO.CN(C)C(CO)(CO)C(O)CC(C)(CO)NCC(O)CNC(C)(C)CO. The van der Waals surface area contributed by atoms with Crippen molar-refractivity contribution in [1.82, 2.24) is 20.9 Å². The molecule has 0 spiro atoms. The van der Waals surface area contributed by atoms with Gasteiger partial charge in [0.25, 0.3) is 0 Å². The maximum absolute atomic E-state index is 10.6. The van der Waals surface area contributed by atoms with E-state index < -0.39 is 53.1 Å². The first-order valence-electron chi connectivity index (χ1n) is 13.1. The smallest absolute Gasteiger partial charge is 0.0930 e. The van der Waals surface area contributed by atoms with E-state index in [1.165, 1.54) is 0 Å². The Hall–Kier alpha value is -0.560. The summed E-state index contributed by atoms with van der Waals surface area (Å²) in [4.78, 5) is 1.56. The molecule has 0 bridgehead atoms. The third-order valence-electron chi connectivity index (χ3n) is 6.85. The monoisotopic (exact) mass is 573 g/mol. The van der Waals surface area contributed by atoms with Gasteiger partial charge in [0.2, 0.25) is 0 Å². The summed E-state index contributed by atoms with van der Waals surface area (Å²) < 4.78 is 0. The first-order chi connectivity index (χ1) is 17.8. The molecule has 0 amide bonds. The largest absolute Gasteiger partial charge is 0.394 e. The third kappa shape index (κ3) is 14.8. The van der Waals surface area contributed by atoms with Crippen LogP contribution in [0.3, 0.4) is 0 Å². The summed E-state index contributed by atoms with van der Waals surface area (Å²) in [5, 5.41) is 94.7. The van der Waals surface area contributed by atoms with Crippen LogP contribution in [0.25, 0.3) is 0 Å². The van der Waals surface area contributed by atoms with Gasteiger partial charge in [-0.05, 0) is 55.1 Å². The van der Waals surface area contributed by atoms with Crippen molar-refractivity contribution in [3.63, 3.8) is 0 Å². The van der Waals surface area contributed by atoms with E-state index in [0.717, 1.165) is 0 Å². The number of likely N-dealkylation sites (N-methyl/N-ethyl adjacent to an activating group) is 1. The second-order valence-corrected chi connectivity index (χ2v) is 12.3. The molecule has 14 heteroatoms. The summed E-state index contributed by atoms with van der Waals surface area (Å²) >= 11 is 0. The lowest BCUT2D eigenvalue weighted by atomic mass is 9.83. The van der Waals surface area contributed by atoms with Crippen molar-refractivity contribution in [2.75, 3.05) is 80.0 Å². The first kappa shape index (κ1) is 40.6. The lowest BCUT2D eigenvalue weighted by molar-refractivity contribution is -0.0863. The van der Waals surface area contributed by atoms with Crippen molar-refractivity contribution in [3.05, 3.63) is 0 Å². The molecule has 0 radical (unpaired) electrons. The zero-order valence-corrected chi connectivity index (χ0v) is 25.0. The highest BCUT2D eigenvalue weighted by molar-refractivity contribution is 4.99. The van der Waals surface area contributed by atoms with E-state index in [-0.39, 0.29) is 52.5 Å². The number of nitrogens with two attached hydrogens (primary N) is 1. The molecular weight excluding hydrogens is 514 g/mol. The Morgan fingerprint density at radius 3 is 1.46 bits per heavy atom. The molecule has 0 aromatic rings. The number of nitrogens with zero attached hydrogens (tertiary/aromatic N) is 1. The van der Waals surface area contributed by atoms with Crippen molar-refractivity contribution < 1.29 is 46.0 Å². The molecule has 14 N–H and O–H groups in total. The predicted molar refractivity (Wildman–Crippen MR) is 150 cm³/mol. The molecule has 0 aliphatic heterocycles. The minimum absolute atomic E-state index is 0.0606. The molecule has 39 heavy (non-hydrogen) atoms. The minimum Gasteiger partial charge on any atom is -0.394 e. The fourth-order valence-corrected chi connectivity index (χ4v) is 3.27. The Morgan fingerprint density at radius 1 is 0.667 bits per heavy atom. The number of hydrogen-bond acceptors (Lipinski definition) is 14. The van der Waals surface area contributed by atoms with Crippen molar-refractivity contribution in [2.24, 2.45) is 5.73 Å². The predicted octanol–water partition coefficient (Wildman–Crippen LogP) is -4.89. The van der Waals surface area contributed by atoms with Gasteiger partial charge in [-0.3, -0.25) is 4.90 Å². The van der Waals surface area contributed by atoms with E-state index in [0.29, 0.717) is 6.54 Å². The van der Waals surface area contributed by atoms with Gasteiger partial charge in [-0.25, -0.2) is 0 Å². The Labute approximate surface area is 233 Å². The molecule has 0 aromatic carbocycles. The zero-order valence-electron chi connectivity index (χ0n) is 25.0. The van der Waals surface area contributed by atoms with Crippen LogP contribution < -0.4 is 21.7 Å². The van der Waals surface area contributed by atoms with E-state index >= 15 is 0 Å². The van der Waals surface area contributed by atoms with Crippen LogP contribution in [0, 0.1) is 0 Å². The van der Waals surface area contributed by atoms with E-state index in [9.17, 15) is 30.6 Å². The van der Waals surface area contributed by atoms with E-state index in [2.05, 4.69) is 16.0 Å². The van der Waals surface area contributed by atoms with Crippen LogP contribution in [0.5, 0.6) is 0 Å². The minimum atomic E-state index is -1.23. The Bertz CT molecular complexity index is 621. The number of hydrogen-bond donors (Lipinski definition) is 13. The van der Waals surface area contributed by atoms with Gasteiger partial charge in [0, 0.05) is 36.3 Å². The maximum atomic E-state index is 10.6. The fourth-order valence-electron chi connectivity index (χ4n) is 3.27. The van der Waals surface area contributed by atoms with Gasteiger partial charge < -0.3 is 67.6 Å². The average Bonchev–Trinajstić information content (AvgIpc) is 2.88. The van der Waals surface area contributed by atoms with Crippen molar-refractivity contribution in [2.45, 2.75) is 80.9 Å². The topological polar surface area (TPSA) is 247 Å². The highest BCUT2D eigenvalue weighted by atomic mass is 16.3. The quantitative estimate of drug-likeness (QED) is 0.0653. The summed E-state index contributed by atoms with van der Waals surface area (Å²) in [6, 6.07) is 0. The molecule has 14 nitrogen and oxygen atoms in total. The highest BCUT2D eigenvalue weighted by Crippen LogP contribution is 2.24. The fraction of sp³-hybridized carbons (Fsp3) is 1.00. The number of rotatable bonds is 20. The molecule has 0 heterocycles. The molecular formula is C25H59N5O9. The van der Waals surface area contributed by atoms with Crippen LogP contribution in [0.4, 0.5) is 0 Å². The summed E-state index contributed by atoms with van der Waals surface area (Å²) in [6.45, 7) is 7.55. The van der Waals surface area contributed by atoms with Crippen LogP contribution in [0.15, 0.2) is 0 Å². The van der Waals surface area contributed by atoms with Gasteiger partial charge in [0.15, 0.2) is 0 Å². The van der Waals surface area contributed by atoms with E-state index in [4.69, 9.17) is 21.1 Å². The van der Waals surface area contributed by atoms with Gasteiger partial charge in [-0.15, -0.1) is 0 Å². The normalized spacial score (nSPS) is 16.5. The Kier molecular flexibility index (Phi) is 18.8.